The van der Waals surface area contributed by atoms with E-state index in [1.165, 1.54) is 16.8 Å². The molecule has 0 saturated carbocycles. The zero-order valence-electron chi connectivity index (χ0n) is 17.4. The Morgan fingerprint density at radius 2 is 1.90 bits per heavy atom. The molecule has 0 aliphatic carbocycles. The smallest absolute Gasteiger partial charge is 0.0703 e. The zero-order chi connectivity index (χ0) is 20.1. The molecule has 0 amide bonds. The molecule has 0 radical (unpaired) electrons. The number of nitrogens with zero attached hydrogens (tertiary/aromatic N) is 4. The Labute approximate surface area is 173 Å². The maximum absolute atomic E-state index is 5.92. The van der Waals surface area contributed by atoms with Crippen molar-refractivity contribution in [2.75, 3.05) is 13.2 Å². The van der Waals surface area contributed by atoms with Crippen LogP contribution >= 0.6 is 0 Å². The van der Waals surface area contributed by atoms with Gasteiger partial charge in [0.15, 0.2) is 0 Å². The molecule has 5 heteroatoms. The third-order valence-corrected chi connectivity index (χ3v) is 5.69. The first-order valence-electron chi connectivity index (χ1n) is 10.5. The fourth-order valence-electron chi connectivity index (χ4n) is 4.08. The number of hydrogen-bond acceptors (Lipinski definition) is 4. The van der Waals surface area contributed by atoms with E-state index < -0.39 is 0 Å². The van der Waals surface area contributed by atoms with Crippen molar-refractivity contribution in [2.45, 2.75) is 52.4 Å². The maximum Gasteiger partial charge on any atom is 0.0703 e. The molecule has 5 nitrogen and oxygen atoms in total. The quantitative estimate of drug-likeness (QED) is 0.580. The molecule has 3 aromatic rings. The number of rotatable bonds is 8. The van der Waals surface area contributed by atoms with Crippen molar-refractivity contribution in [3.8, 4) is 0 Å². The van der Waals surface area contributed by atoms with Crippen LogP contribution in [-0.4, -0.2) is 38.9 Å². The van der Waals surface area contributed by atoms with Gasteiger partial charge in [-0.2, -0.15) is 5.10 Å². The molecule has 29 heavy (non-hydrogen) atoms. The highest BCUT2D eigenvalue weighted by atomic mass is 16.5. The number of aromatic nitrogens is 3. The fraction of sp³-hybridized carbons (Fsp3) is 0.417. The van der Waals surface area contributed by atoms with Gasteiger partial charge in [-0.1, -0.05) is 36.4 Å². The van der Waals surface area contributed by atoms with Crippen LogP contribution in [0.4, 0.5) is 0 Å². The lowest BCUT2D eigenvalue weighted by Crippen LogP contribution is -2.32. The Bertz CT molecular complexity index is 901. The number of hydrogen-bond donors (Lipinski definition) is 0. The molecule has 0 spiro atoms. The average molecular weight is 391 g/mol. The molecule has 1 unspecified atom stereocenters. The summed E-state index contributed by atoms with van der Waals surface area (Å²) in [6, 6.07) is 16.6. The van der Waals surface area contributed by atoms with Gasteiger partial charge < -0.3 is 4.74 Å². The molecule has 1 atom stereocenters. The predicted octanol–water partition coefficient (Wildman–Crippen LogP) is 4.12. The van der Waals surface area contributed by atoms with Crippen molar-refractivity contribution in [3.63, 3.8) is 0 Å². The molecule has 1 fully saturated rings. The first-order chi connectivity index (χ1) is 14.2. The number of ether oxygens (including phenoxy) is 1. The summed E-state index contributed by atoms with van der Waals surface area (Å²) in [5, 5.41) is 4.84. The van der Waals surface area contributed by atoms with Crippen LogP contribution in [0.3, 0.4) is 0 Å². The maximum atomic E-state index is 5.92. The highest BCUT2D eigenvalue weighted by Gasteiger charge is 2.22. The molecule has 1 saturated heterocycles. The molecule has 2 aromatic heterocycles. The van der Waals surface area contributed by atoms with Crippen LogP contribution in [0.2, 0.25) is 0 Å². The summed E-state index contributed by atoms with van der Waals surface area (Å²) in [4.78, 5) is 7.00. The second-order valence-corrected chi connectivity index (χ2v) is 7.92. The van der Waals surface area contributed by atoms with Gasteiger partial charge in [-0.15, -0.1) is 0 Å². The predicted molar refractivity (Wildman–Crippen MR) is 115 cm³/mol. The summed E-state index contributed by atoms with van der Waals surface area (Å²) in [6.07, 6.45) is 4.49. The van der Waals surface area contributed by atoms with Crippen LogP contribution in [0.1, 0.15) is 41.1 Å². The van der Waals surface area contributed by atoms with Gasteiger partial charge in [0.05, 0.1) is 24.0 Å². The van der Waals surface area contributed by atoms with Crippen molar-refractivity contribution in [3.05, 3.63) is 82.9 Å². The number of aryl methyl sites for hydroxylation is 1. The third kappa shape index (κ3) is 5.11. The normalized spacial score (nSPS) is 16.6. The summed E-state index contributed by atoms with van der Waals surface area (Å²) < 4.78 is 8.05. The highest BCUT2D eigenvalue weighted by Crippen LogP contribution is 2.21. The molecule has 1 aromatic carbocycles. The first kappa shape index (κ1) is 19.8. The Hall–Kier alpha value is -2.50. The highest BCUT2D eigenvalue weighted by molar-refractivity contribution is 5.26. The van der Waals surface area contributed by atoms with Gasteiger partial charge in [0.25, 0.3) is 0 Å². The molecule has 3 heterocycles. The summed E-state index contributed by atoms with van der Waals surface area (Å²) in [5.41, 5.74) is 6.03. The summed E-state index contributed by atoms with van der Waals surface area (Å²) >= 11 is 0. The lowest BCUT2D eigenvalue weighted by molar-refractivity contribution is 0.0673. The Morgan fingerprint density at radius 3 is 2.62 bits per heavy atom. The Kier molecular flexibility index (Phi) is 6.37. The van der Waals surface area contributed by atoms with Gasteiger partial charge in [0, 0.05) is 43.7 Å². The average Bonchev–Trinajstić information content (AvgIpc) is 3.33. The molecular formula is C24H30N4O. The van der Waals surface area contributed by atoms with E-state index in [1.54, 1.807) is 0 Å². The van der Waals surface area contributed by atoms with Gasteiger partial charge in [-0.05, 0) is 44.4 Å². The van der Waals surface area contributed by atoms with Gasteiger partial charge in [0.1, 0.15) is 0 Å². The van der Waals surface area contributed by atoms with E-state index in [9.17, 15) is 0 Å². The molecule has 1 aliphatic heterocycles. The topological polar surface area (TPSA) is 43.2 Å². The molecule has 0 bridgehead atoms. The van der Waals surface area contributed by atoms with E-state index >= 15 is 0 Å². The SMILES string of the molecule is Cc1nn(Cc2ccccc2)c(C)c1CN(Cc1ccccn1)CC1CCCO1. The van der Waals surface area contributed by atoms with Crippen molar-refractivity contribution in [2.24, 2.45) is 0 Å². The Balaban J connectivity index is 1.52. The summed E-state index contributed by atoms with van der Waals surface area (Å²) in [5.74, 6) is 0. The Morgan fingerprint density at radius 1 is 1.07 bits per heavy atom. The monoisotopic (exact) mass is 390 g/mol. The van der Waals surface area contributed by atoms with Crippen LogP contribution in [0, 0.1) is 13.8 Å². The van der Waals surface area contributed by atoms with Crippen molar-refractivity contribution in [1.82, 2.24) is 19.7 Å². The fourth-order valence-corrected chi connectivity index (χ4v) is 4.08. The van der Waals surface area contributed by atoms with E-state index in [2.05, 4.69) is 70.9 Å². The largest absolute Gasteiger partial charge is 0.377 e. The molecular weight excluding hydrogens is 360 g/mol. The summed E-state index contributed by atoms with van der Waals surface area (Å²) in [6.45, 7) is 8.61. The van der Waals surface area contributed by atoms with Crippen molar-refractivity contribution in [1.29, 1.82) is 0 Å². The third-order valence-electron chi connectivity index (χ3n) is 5.69. The van der Waals surface area contributed by atoms with Gasteiger partial charge >= 0.3 is 0 Å². The summed E-state index contributed by atoms with van der Waals surface area (Å²) in [7, 11) is 0. The second-order valence-electron chi connectivity index (χ2n) is 7.92. The zero-order valence-corrected chi connectivity index (χ0v) is 17.4. The van der Waals surface area contributed by atoms with Gasteiger partial charge in [-0.25, -0.2) is 0 Å². The number of benzene rings is 1. The van der Waals surface area contributed by atoms with E-state index in [1.807, 2.05) is 12.3 Å². The van der Waals surface area contributed by atoms with Crippen LogP contribution in [0.25, 0.3) is 0 Å². The van der Waals surface area contributed by atoms with Crippen LogP contribution in [0.15, 0.2) is 54.7 Å². The van der Waals surface area contributed by atoms with Crippen LogP contribution in [0.5, 0.6) is 0 Å². The molecule has 0 N–H and O–H groups in total. The van der Waals surface area contributed by atoms with Gasteiger partial charge in [0.2, 0.25) is 0 Å². The first-order valence-corrected chi connectivity index (χ1v) is 10.5. The van der Waals surface area contributed by atoms with Crippen molar-refractivity contribution >= 4 is 0 Å². The lowest BCUT2D eigenvalue weighted by Gasteiger charge is -2.25. The molecule has 1 aliphatic rings. The minimum Gasteiger partial charge on any atom is -0.377 e. The van der Waals surface area contributed by atoms with E-state index in [4.69, 9.17) is 9.84 Å². The second kappa shape index (κ2) is 9.33. The minimum absolute atomic E-state index is 0.318. The molecule has 152 valence electrons. The van der Waals surface area contributed by atoms with Crippen LogP contribution < -0.4 is 0 Å². The van der Waals surface area contributed by atoms with E-state index in [0.717, 1.165) is 57.0 Å². The lowest BCUT2D eigenvalue weighted by atomic mass is 10.1. The van der Waals surface area contributed by atoms with E-state index in [0.29, 0.717) is 6.10 Å². The standard InChI is InChI=1S/C24H30N4O/c1-19-24(20(2)28(26-19)15-21-9-4-3-5-10-21)18-27(17-23-12-8-14-29-23)16-22-11-6-7-13-25-22/h3-7,9-11,13,23H,8,12,14-18H2,1-2H3. The number of pyridine rings is 1. The van der Waals surface area contributed by atoms with Crippen LogP contribution in [-0.2, 0) is 24.4 Å². The minimum atomic E-state index is 0.318. The van der Waals surface area contributed by atoms with E-state index in [-0.39, 0.29) is 0 Å². The van der Waals surface area contributed by atoms with Gasteiger partial charge in [-0.3, -0.25) is 14.6 Å². The molecule has 4 rings (SSSR count). The van der Waals surface area contributed by atoms with Crippen molar-refractivity contribution < 1.29 is 4.74 Å².